The fraction of sp³-hybridized carbons (Fsp3) is 0.462. The van der Waals surface area contributed by atoms with Crippen LogP contribution < -0.4 is 10.6 Å². The molecule has 0 aliphatic heterocycles. The predicted molar refractivity (Wildman–Crippen MR) is 74.4 cm³/mol. The molecule has 6 nitrogen and oxygen atoms in total. The highest BCUT2D eigenvalue weighted by molar-refractivity contribution is 5.99. The average molecular weight is 283 g/mol. The SMILES string of the molecule is CCC(C)(C)NC(=O)c1cc(NC)c(F)cc1[N+](=O)[O-]. The normalized spacial score (nSPS) is 11.1. The van der Waals surface area contributed by atoms with Crippen molar-refractivity contribution in [3.8, 4) is 0 Å². The molecular formula is C13H18FN3O3. The van der Waals surface area contributed by atoms with E-state index in [1.165, 1.54) is 7.05 Å². The van der Waals surface area contributed by atoms with Gasteiger partial charge in [0, 0.05) is 12.6 Å². The largest absolute Gasteiger partial charge is 0.386 e. The Morgan fingerprint density at radius 3 is 2.50 bits per heavy atom. The van der Waals surface area contributed by atoms with Gasteiger partial charge in [0.25, 0.3) is 11.6 Å². The Bertz CT molecular complexity index is 544. The molecule has 0 bridgehead atoms. The molecule has 1 amide bonds. The second-order valence-corrected chi connectivity index (χ2v) is 5.05. The van der Waals surface area contributed by atoms with Crippen LogP contribution in [0.2, 0.25) is 0 Å². The van der Waals surface area contributed by atoms with E-state index >= 15 is 0 Å². The lowest BCUT2D eigenvalue weighted by molar-refractivity contribution is -0.385. The number of nitro groups is 1. The second kappa shape index (κ2) is 5.85. The number of hydrogen-bond acceptors (Lipinski definition) is 4. The zero-order valence-corrected chi connectivity index (χ0v) is 11.9. The van der Waals surface area contributed by atoms with Gasteiger partial charge >= 0.3 is 0 Å². The van der Waals surface area contributed by atoms with E-state index in [1.807, 2.05) is 6.92 Å². The lowest BCUT2D eigenvalue weighted by Gasteiger charge is -2.24. The summed E-state index contributed by atoms with van der Waals surface area (Å²) in [6.45, 7) is 5.50. The number of carbonyl (C=O) groups is 1. The summed E-state index contributed by atoms with van der Waals surface area (Å²) in [7, 11) is 1.47. The third kappa shape index (κ3) is 3.43. The molecule has 1 aromatic carbocycles. The Balaban J connectivity index is 3.28. The lowest BCUT2D eigenvalue weighted by Crippen LogP contribution is -2.43. The zero-order valence-electron chi connectivity index (χ0n) is 11.9. The Hall–Kier alpha value is -2.18. The summed E-state index contributed by atoms with van der Waals surface area (Å²) in [5, 5.41) is 16.2. The van der Waals surface area contributed by atoms with Gasteiger partial charge in [-0.25, -0.2) is 4.39 Å². The first-order valence-electron chi connectivity index (χ1n) is 6.20. The maximum absolute atomic E-state index is 13.6. The van der Waals surface area contributed by atoms with Crippen molar-refractivity contribution < 1.29 is 14.1 Å². The van der Waals surface area contributed by atoms with Crippen LogP contribution in [0.3, 0.4) is 0 Å². The fourth-order valence-electron chi connectivity index (χ4n) is 1.55. The maximum atomic E-state index is 13.6. The van der Waals surface area contributed by atoms with Gasteiger partial charge in [-0.15, -0.1) is 0 Å². The van der Waals surface area contributed by atoms with Crippen molar-refractivity contribution in [2.24, 2.45) is 0 Å². The standard InChI is InChI=1S/C13H18FN3O3/c1-5-13(2,3)16-12(18)8-6-10(15-4)9(14)7-11(8)17(19)20/h6-7,15H,5H2,1-4H3,(H,16,18). The molecule has 20 heavy (non-hydrogen) atoms. The van der Waals surface area contributed by atoms with Crippen molar-refractivity contribution >= 4 is 17.3 Å². The fourth-order valence-corrected chi connectivity index (χ4v) is 1.55. The predicted octanol–water partition coefficient (Wildman–Crippen LogP) is 2.69. The van der Waals surface area contributed by atoms with E-state index in [4.69, 9.17) is 0 Å². The number of nitrogens with one attached hydrogen (secondary N) is 2. The molecule has 0 heterocycles. The van der Waals surface area contributed by atoms with Crippen molar-refractivity contribution in [1.82, 2.24) is 5.32 Å². The highest BCUT2D eigenvalue weighted by Crippen LogP contribution is 2.26. The Labute approximate surface area is 116 Å². The van der Waals surface area contributed by atoms with Crippen LogP contribution in [0.1, 0.15) is 37.6 Å². The topological polar surface area (TPSA) is 84.3 Å². The summed E-state index contributed by atoms with van der Waals surface area (Å²) in [6, 6.07) is 1.90. The van der Waals surface area contributed by atoms with Crippen LogP contribution in [0, 0.1) is 15.9 Å². The van der Waals surface area contributed by atoms with Crippen molar-refractivity contribution in [3.05, 3.63) is 33.6 Å². The van der Waals surface area contributed by atoms with Crippen LogP contribution in [0.5, 0.6) is 0 Å². The second-order valence-electron chi connectivity index (χ2n) is 5.05. The maximum Gasteiger partial charge on any atom is 0.285 e. The van der Waals surface area contributed by atoms with Gasteiger partial charge in [0.2, 0.25) is 0 Å². The number of benzene rings is 1. The summed E-state index contributed by atoms with van der Waals surface area (Å²) < 4.78 is 13.6. The monoisotopic (exact) mass is 283 g/mol. The number of nitro benzene ring substituents is 1. The van der Waals surface area contributed by atoms with Crippen LogP contribution in [-0.2, 0) is 0 Å². The van der Waals surface area contributed by atoms with E-state index in [0.29, 0.717) is 6.42 Å². The molecule has 0 aliphatic carbocycles. The van der Waals surface area contributed by atoms with E-state index in [2.05, 4.69) is 10.6 Å². The van der Waals surface area contributed by atoms with Gasteiger partial charge in [-0.05, 0) is 26.3 Å². The molecule has 110 valence electrons. The third-order valence-corrected chi connectivity index (χ3v) is 3.13. The lowest BCUT2D eigenvalue weighted by atomic mass is 10.0. The van der Waals surface area contributed by atoms with Crippen LogP contribution in [0.4, 0.5) is 15.8 Å². The summed E-state index contributed by atoms with van der Waals surface area (Å²) >= 11 is 0. The number of hydrogen-bond donors (Lipinski definition) is 2. The van der Waals surface area contributed by atoms with Crippen molar-refractivity contribution in [1.29, 1.82) is 0 Å². The average Bonchev–Trinajstić information content (AvgIpc) is 2.37. The van der Waals surface area contributed by atoms with Gasteiger partial charge in [0.15, 0.2) is 5.82 Å². The highest BCUT2D eigenvalue weighted by Gasteiger charge is 2.27. The van der Waals surface area contributed by atoms with Gasteiger partial charge in [-0.2, -0.15) is 0 Å². The van der Waals surface area contributed by atoms with Gasteiger partial charge in [0.05, 0.1) is 16.7 Å². The Kier molecular flexibility index (Phi) is 4.65. The minimum Gasteiger partial charge on any atom is -0.386 e. The summed E-state index contributed by atoms with van der Waals surface area (Å²) in [6.07, 6.45) is 0.659. The number of halogens is 1. The van der Waals surface area contributed by atoms with Crippen molar-refractivity contribution in [2.75, 3.05) is 12.4 Å². The molecule has 1 aromatic rings. The smallest absolute Gasteiger partial charge is 0.285 e. The molecule has 1 rings (SSSR count). The highest BCUT2D eigenvalue weighted by atomic mass is 19.1. The van der Waals surface area contributed by atoms with E-state index < -0.39 is 27.9 Å². The molecule has 0 aliphatic rings. The molecule has 0 unspecified atom stereocenters. The molecule has 0 radical (unpaired) electrons. The first-order chi connectivity index (χ1) is 9.21. The van der Waals surface area contributed by atoms with Gasteiger partial charge in [-0.3, -0.25) is 14.9 Å². The van der Waals surface area contributed by atoms with Crippen LogP contribution in [0.15, 0.2) is 12.1 Å². The molecule has 0 spiro atoms. The van der Waals surface area contributed by atoms with Crippen molar-refractivity contribution in [2.45, 2.75) is 32.7 Å². The minimum atomic E-state index is -0.773. The summed E-state index contributed by atoms with van der Waals surface area (Å²) in [5.41, 5.74) is -1.18. The molecule has 0 fully saturated rings. The minimum absolute atomic E-state index is 0.0371. The van der Waals surface area contributed by atoms with E-state index in [9.17, 15) is 19.3 Å². The van der Waals surface area contributed by atoms with Gasteiger partial charge in [-0.1, -0.05) is 6.92 Å². The molecule has 0 atom stereocenters. The third-order valence-electron chi connectivity index (χ3n) is 3.13. The number of rotatable bonds is 5. The Morgan fingerprint density at radius 2 is 2.05 bits per heavy atom. The zero-order chi connectivity index (χ0) is 15.5. The number of amides is 1. The van der Waals surface area contributed by atoms with Crippen LogP contribution in [0.25, 0.3) is 0 Å². The molecule has 7 heteroatoms. The molecular weight excluding hydrogens is 265 g/mol. The number of anilines is 1. The van der Waals surface area contributed by atoms with E-state index in [-0.39, 0.29) is 11.3 Å². The van der Waals surface area contributed by atoms with E-state index in [1.54, 1.807) is 13.8 Å². The molecule has 0 saturated heterocycles. The number of nitrogens with zero attached hydrogens (tertiary/aromatic N) is 1. The number of carbonyl (C=O) groups excluding carboxylic acids is 1. The quantitative estimate of drug-likeness (QED) is 0.642. The summed E-state index contributed by atoms with van der Waals surface area (Å²) in [5.74, 6) is -1.37. The molecule has 0 saturated carbocycles. The van der Waals surface area contributed by atoms with Crippen molar-refractivity contribution in [3.63, 3.8) is 0 Å². The Morgan fingerprint density at radius 1 is 1.45 bits per heavy atom. The van der Waals surface area contributed by atoms with Crippen LogP contribution >= 0.6 is 0 Å². The summed E-state index contributed by atoms with van der Waals surface area (Å²) in [4.78, 5) is 22.3. The first-order valence-corrected chi connectivity index (χ1v) is 6.20. The van der Waals surface area contributed by atoms with Gasteiger partial charge < -0.3 is 10.6 Å². The van der Waals surface area contributed by atoms with Gasteiger partial charge in [0.1, 0.15) is 5.56 Å². The first kappa shape index (κ1) is 15.9. The van der Waals surface area contributed by atoms with Crippen LogP contribution in [-0.4, -0.2) is 23.4 Å². The molecule has 0 aromatic heterocycles. The molecule has 2 N–H and O–H groups in total. The van der Waals surface area contributed by atoms with E-state index in [0.717, 1.165) is 12.1 Å².